The second-order valence-electron chi connectivity index (χ2n) is 5.00. The third kappa shape index (κ3) is 3.18. The van der Waals surface area contributed by atoms with E-state index in [1.54, 1.807) is 11.8 Å². The summed E-state index contributed by atoms with van der Waals surface area (Å²) < 4.78 is 5.77. The lowest BCUT2D eigenvalue weighted by Gasteiger charge is -2.12. The normalized spacial score (nSPS) is 12.6. The maximum absolute atomic E-state index is 12.4. The van der Waals surface area contributed by atoms with Crippen LogP contribution in [0.5, 0.6) is 0 Å². The van der Waals surface area contributed by atoms with E-state index in [9.17, 15) is 4.79 Å². The summed E-state index contributed by atoms with van der Waals surface area (Å²) in [4.78, 5) is 12.4. The van der Waals surface area contributed by atoms with Crippen molar-refractivity contribution in [3.8, 4) is 0 Å². The molecule has 1 aromatic carbocycles. The Labute approximate surface area is 124 Å². The topological polar surface area (TPSA) is 42.2 Å². The zero-order valence-electron chi connectivity index (χ0n) is 12.2. The minimum absolute atomic E-state index is 0.105. The van der Waals surface area contributed by atoms with Crippen molar-refractivity contribution in [1.29, 1.82) is 0 Å². The number of carbonyl (C=O) groups excluding carboxylic acids is 1. The van der Waals surface area contributed by atoms with Gasteiger partial charge in [-0.15, -0.1) is 0 Å². The van der Waals surface area contributed by atoms with E-state index in [0.717, 1.165) is 35.1 Å². The SMILES string of the molecule is CCCC(C)NC(=O)c1oc2ccccc2c1CSC. The summed E-state index contributed by atoms with van der Waals surface area (Å²) >= 11 is 1.69. The molecule has 3 nitrogen and oxygen atoms in total. The van der Waals surface area contributed by atoms with Gasteiger partial charge in [-0.05, 0) is 25.7 Å². The van der Waals surface area contributed by atoms with E-state index in [-0.39, 0.29) is 11.9 Å². The first-order chi connectivity index (χ1) is 9.67. The maximum Gasteiger partial charge on any atom is 0.287 e. The number of hydrogen-bond acceptors (Lipinski definition) is 3. The Kier molecular flexibility index (Phi) is 5.12. The zero-order chi connectivity index (χ0) is 14.5. The number of thioether (sulfide) groups is 1. The van der Waals surface area contributed by atoms with Crippen LogP contribution in [-0.2, 0) is 5.75 Å². The van der Waals surface area contributed by atoms with E-state index < -0.39 is 0 Å². The van der Waals surface area contributed by atoms with Gasteiger partial charge in [-0.2, -0.15) is 11.8 Å². The summed E-state index contributed by atoms with van der Waals surface area (Å²) in [6.07, 6.45) is 4.06. The fourth-order valence-corrected chi connectivity index (χ4v) is 2.94. The number of rotatable bonds is 6. The van der Waals surface area contributed by atoms with Gasteiger partial charge >= 0.3 is 0 Å². The second-order valence-corrected chi connectivity index (χ2v) is 5.87. The second kappa shape index (κ2) is 6.84. The van der Waals surface area contributed by atoms with Crippen LogP contribution >= 0.6 is 11.8 Å². The third-order valence-electron chi connectivity index (χ3n) is 3.29. The Hall–Kier alpha value is -1.42. The van der Waals surface area contributed by atoms with Crippen molar-refractivity contribution in [3.05, 3.63) is 35.6 Å². The van der Waals surface area contributed by atoms with Crippen LogP contribution in [0.1, 0.15) is 42.8 Å². The molecule has 1 amide bonds. The Bertz CT molecular complexity index is 591. The number of carbonyl (C=O) groups is 1. The molecule has 4 heteroatoms. The largest absolute Gasteiger partial charge is 0.451 e. The predicted octanol–water partition coefficient (Wildman–Crippen LogP) is 4.21. The first-order valence-electron chi connectivity index (χ1n) is 6.97. The van der Waals surface area contributed by atoms with Crippen molar-refractivity contribution in [2.75, 3.05) is 6.26 Å². The molecular formula is C16H21NO2S. The molecular weight excluding hydrogens is 270 g/mol. The van der Waals surface area contributed by atoms with Crippen molar-refractivity contribution in [1.82, 2.24) is 5.32 Å². The molecule has 0 bridgehead atoms. The number of furan rings is 1. The van der Waals surface area contributed by atoms with E-state index in [4.69, 9.17) is 4.42 Å². The quantitative estimate of drug-likeness (QED) is 0.866. The van der Waals surface area contributed by atoms with E-state index in [1.807, 2.05) is 37.4 Å². The van der Waals surface area contributed by atoms with Crippen LogP contribution in [0.25, 0.3) is 11.0 Å². The van der Waals surface area contributed by atoms with Gasteiger partial charge in [-0.1, -0.05) is 31.5 Å². The number of para-hydroxylation sites is 1. The number of nitrogens with one attached hydrogen (secondary N) is 1. The van der Waals surface area contributed by atoms with Crippen molar-refractivity contribution in [2.24, 2.45) is 0 Å². The molecule has 2 rings (SSSR count). The van der Waals surface area contributed by atoms with E-state index >= 15 is 0 Å². The van der Waals surface area contributed by atoms with Crippen LogP contribution in [0, 0.1) is 0 Å². The Balaban J connectivity index is 2.32. The first-order valence-corrected chi connectivity index (χ1v) is 8.37. The van der Waals surface area contributed by atoms with E-state index in [0.29, 0.717) is 5.76 Å². The lowest BCUT2D eigenvalue weighted by atomic mass is 10.1. The zero-order valence-corrected chi connectivity index (χ0v) is 13.0. The fraction of sp³-hybridized carbons (Fsp3) is 0.438. The molecule has 0 saturated heterocycles. The molecule has 0 saturated carbocycles. The molecule has 0 aliphatic heterocycles. The Morgan fingerprint density at radius 1 is 1.40 bits per heavy atom. The molecule has 0 aliphatic carbocycles. The number of amides is 1. The van der Waals surface area contributed by atoms with Crippen molar-refractivity contribution in [2.45, 2.75) is 38.5 Å². The van der Waals surface area contributed by atoms with Gasteiger partial charge in [0.1, 0.15) is 5.58 Å². The third-order valence-corrected chi connectivity index (χ3v) is 3.87. The molecule has 108 valence electrons. The van der Waals surface area contributed by atoms with Crippen LogP contribution in [0.4, 0.5) is 0 Å². The molecule has 0 spiro atoms. The molecule has 1 N–H and O–H groups in total. The summed E-state index contributed by atoms with van der Waals surface area (Å²) in [5, 5.41) is 4.05. The van der Waals surface area contributed by atoms with Gasteiger partial charge in [0.25, 0.3) is 5.91 Å². The van der Waals surface area contributed by atoms with Gasteiger partial charge < -0.3 is 9.73 Å². The summed E-state index contributed by atoms with van der Waals surface area (Å²) in [5.74, 6) is 1.14. The lowest BCUT2D eigenvalue weighted by molar-refractivity contribution is 0.0911. The van der Waals surface area contributed by atoms with Crippen molar-refractivity contribution < 1.29 is 9.21 Å². The predicted molar refractivity (Wildman–Crippen MR) is 85.3 cm³/mol. The van der Waals surface area contributed by atoms with Gasteiger partial charge in [0.15, 0.2) is 5.76 Å². The molecule has 0 radical (unpaired) electrons. The molecule has 1 atom stereocenters. The fourth-order valence-electron chi connectivity index (χ4n) is 2.36. The van der Waals surface area contributed by atoms with Crippen LogP contribution < -0.4 is 5.32 Å². The molecule has 1 aromatic heterocycles. The summed E-state index contributed by atoms with van der Waals surface area (Å²) in [6.45, 7) is 4.14. The monoisotopic (exact) mass is 291 g/mol. The average Bonchev–Trinajstić information content (AvgIpc) is 2.79. The van der Waals surface area contributed by atoms with Crippen LogP contribution in [0.15, 0.2) is 28.7 Å². The first kappa shape index (κ1) is 15.0. The van der Waals surface area contributed by atoms with Crippen molar-refractivity contribution in [3.63, 3.8) is 0 Å². The highest BCUT2D eigenvalue weighted by Gasteiger charge is 2.20. The van der Waals surface area contributed by atoms with Crippen LogP contribution in [-0.4, -0.2) is 18.2 Å². The van der Waals surface area contributed by atoms with Gasteiger partial charge in [0.2, 0.25) is 0 Å². The van der Waals surface area contributed by atoms with Gasteiger partial charge in [0, 0.05) is 22.7 Å². The molecule has 1 heterocycles. The summed E-state index contributed by atoms with van der Waals surface area (Å²) in [6, 6.07) is 7.99. The number of fused-ring (bicyclic) bond motifs is 1. The minimum Gasteiger partial charge on any atom is -0.451 e. The molecule has 20 heavy (non-hydrogen) atoms. The van der Waals surface area contributed by atoms with Crippen molar-refractivity contribution >= 4 is 28.6 Å². The van der Waals surface area contributed by atoms with Gasteiger partial charge in [0.05, 0.1) is 0 Å². The standard InChI is InChI=1S/C16H21NO2S/c1-4-7-11(2)17-16(18)15-13(10-20-3)12-8-5-6-9-14(12)19-15/h5-6,8-9,11H,4,7,10H2,1-3H3,(H,17,18). The number of benzene rings is 1. The Morgan fingerprint density at radius 3 is 2.85 bits per heavy atom. The van der Waals surface area contributed by atoms with Crippen LogP contribution in [0.3, 0.4) is 0 Å². The van der Waals surface area contributed by atoms with Crippen LogP contribution in [0.2, 0.25) is 0 Å². The van der Waals surface area contributed by atoms with Gasteiger partial charge in [-0.25, -0.2) is 0 Å². The molecule has 0 fully saturated rings. The highest BCUT2D eigenvalue weighted by atomic mass is 32.2. The molecule has 2 aromatic rings. The maximum atomic E-state index is 12.4. The highest BCUT2D eigenvalue weighted by molar-refractivity contribution is 7.97. The highest BCUT2D eigenvalue weighted by Crippen LogP contribution is 2.28. The molecule has 0 aliphatic rings. The minimum atomic E-state index is -0.105. The lowest BCUT2D eigenvalue weighted by Crippen LogP contribution is -2.32. The summed E-state index contributed by atoms with van der Waals surface area (Å²) in [5.41, 5.74) is 1.78. The molecule has 1 unspecified atom stereocenters. The van der Waals surface area contributed by atoms with E-state index in [2.05, 4.69) is 12.2 Å². The summed E-state index contributed by atoms with van der Waals surface area (Å²) in [7, 11) is 0. The van der Waals surface area contributed by atoms with E-state index in [1.165, 1.54) is 0 Å². The average molecular weight is 291 g/mol. The smallest absolute Gasteiger partial charge is 0.287 e. The Morgan fingerprint density at radius 2 is 2.15 bits per heavy atom. The number of hydrogen-bond donors (Lipinski definition) is 1. The van der Waals surface area contributed by atoms with Gasteiger partial charge in [-0.3, -0.25) is 4.79 Å².